The number of fused-ring (bicyclic) bond motifs is 2. The van der Waals surface area contributed by atoms with Gasteiger partial charge in [-0.1, -0.05) is 31.5 Å². The van der Waals surface area contributed by atoms with Crippen molar-refractivity contribution in [2.24, 2.45) is 5.41 Å². The Morgan fingerprint density at radius 2 is 2.06 bits per heavy atom. The Labute approximate surface area is 203 Å². The predicted octanol–water partition coefficient (Wildman–Crippen LogP) is 5.20. The number of benzene rings is 1. The largest absolute Gasteiger partial charge is 0.491 e. The summed E-state index contributed by atoms with van der Waals surface area (Å²) in [6.07, 6.45) is 5.17. The molecule has 0 unspecified atom stereocenters. The van der Waals surface area contributed by atoms with Gasteiger partial charge in [-0.2, -0.15) is 0 Å². The van der Waals surface area contributed by atoms with Gasteiger partial charge in [0.05, 0.1) is 12.2 Å². The van der Waals surface area contributed by atoms with Gasteiger partial charge in [0.2, 0.25) is 0 Å². The predicted molar refractivity (Wildman–Crippen MR) is 131 cm³/mol. The lowest BCUT2D eigenvalue weighted by Gasteiger charge is -2.33. The number of halogens is 1. The minimum absolute atomic E-state index is 0.104. The summed E-state index contributed by atoms with van der Waals surface area (Å²) in [6, 6.07) is 7.63. The smallest absolute Gasteiger partial charge is 0.409 e. The molecule has 0 spiro atoms. The standard InChI is InChI=1S/C25H26ClN5O3/c1-25(2)6-5-19-18(11-25)23(29-14-28-19)31-7-8-34-21-4-3-15(9-17(21)13-31)16-10-20(30-24(32)33)22(26)27-12-16/h3-4,9-10,12,14,30H,5-8,11,13H2,1-2H3,(H,32,33). The summed E-state index contributed by atoms with van der Waals surface area (Å²) in [5.74, 6) is 1.82. The van der Waals surface area contributed by atoms with Crippen molar-refractivity contribution in [2.45, 2.75) is 39.7 Å². The van der Waals surface area contributed by atoms with Crippen LogP contribution in [0.5, 0.6) is 5.75 Å². The zero-order valence-corrected chi connectivity index (χ0v) is 19.9. The molecule has 0 saturated carbocycles. The molecule has 1 aliphatic carbocycles. The first kappa shape index (κ1) is 22.4. The van der Waals surface area contributed by atoms with Crippen molar-refractivity contribution >= 4 is 29.2 Å². The molecule has 176 valence electrons. The van der Waals surface area contributed by atoms with Gasteiger partial charge >= 0.3 is 6.09 Å². The van der Waals surface area contributed by atoms with Crippen molar-refractivity contribution < 1.29 is 14.6 Å². The Hall–Kier alpha value is -3.39. The summed E-state index contributed by atoms with van der Waals surface area (Å²) in [4.78, 5) is 26.8. The number of aromatic nitrogens is 3. The zero-order chi connectivity index (χ0) is 23.9. The van der Waals surface area contributed by atoms with Crippen LogP contribution in [0.4, 0.5) is 16.3 Å². The molecule has 2 aliphatic rings. The van der Waals surface area contributed by atoms with Crippen LogP contribution in [0.1, 0.15) is 37.1 Å². The minimum Gasteiger partial charge on any atom is -0.491 e. The zero-order valence-electron chi connectivity index (χ0n) is 19.1. The Balaban J connectivity index is 1.48. The number of carboxylic acid groups (broad SMARTS) is 1. The molecule has 0 bridgehead atoms. The summed E-state index contributed by atoms with van der Waals surface area (Å²) in [5, 5.41) is 11.5. The molecule has 0 atom stereocenters. The topological polar surface area (TPSA) is 100 Å². The van der Waals surface area contributed by atoms with Gasteiger partial charge in [-0.05, 0) is 48.4 Å². The second-order valence-electron chi connectivity index (χ2n) is 9.55. The van der Waals surface area contributed by atoms with Crippen LogP contribution in [0, 0.1) is 5.41 Å². The third-order valence-corrected chi connectivity index (χ3v) is 6.76. The summed E-state index contributed by atoms with van der Waals surface area (Å²) in [7, 11) is 0. The van der Waals surface area contributed by atoms with Crippen LogP contribution >= 0.6 is 11.6 Å². The van der Waals surface area contributed by atoms with Gasteiger partial charge in [0, 0.05) is 35.1 Å². The number of ether oxygens (including phenoxy) is 1. The van der Waals surface area contributed by atoms with E-state index in [0.29, 0.717) is 13.2 Å². The van der Waals surface area contributed by atoms with Crippen LogP contribution in [0.15, 0.2) is 36.8 Å². The van der Waals surface area contributed by atoms with Gasteiger partial charge in [0.25, 0.3) is 0 Å². The van der Waals surface area contributed by atoms with E-state index in [1.807, 2.05) is 12.1 Å². The second-order valence-corrected chi connectivity index (χ2v) is 9.91. The van der Waals surface area contributed by atoms with E-state index in [1.54, 1.807) is 18.6 Å². The highest BCUT2D eigenvalue weighted by atomic mass is 35.5. The number of hydrogen-bond acceptors (Lipinski definition) is 6. The SMILES string of the molecule is CC1(C)CCc2ncnc(N3CCOc4ccc(-c5cnc(Cl)c(NC(=O)O)c5)cc4C3)c2C1. The van der Waals surface area contributed by atoms with Crippen molar-refractivity contribution in [3.63, 3.8) is 0 Å². The van der Waals surface area contributed by atoms with E-state index in [2.05, 4.69) is 40.1 Å². The van der Waals surface area contributed by atoms with Gasteiger partial charge in [-0.25, -0.2) is 19.7 Å². The van der Waals surface area contributed by atoms with Crippen LogP contribution in [0.2, 0.25) is 5.15 Å². The Kier molecular flexibility index (Phi) is 5.77. The lowest BCUT2D eigenvalue weighted by molar-refractivity contribution is 0.209. The van der Waals surface area contributed by atoms with E-state index >= 15 is 0 Å². The lowest BCUT2D eigenvalue weighted by atomic mass is 9.76. The summed E-state index contributed by atoms with van der Waals surface area (Å²) >= 11 is 6.05. The van der Waals surface area contributed by atoms with E-state index in [0.717, 1.165) is 59.8 Å². The average Bonchev–Trinajstić information content (AvgIpc) is 3.01. The fraction of sp³-hybridized carbons (Fsp3) is 0.360. The molecule has 0 fully saturated rings. The van der Waals surface area contributed by atoms with E-state index < -0.39 is 6.09 Å². The van der Waals surface area contributed by atoms with Crippen LogP contribution in [0.25, 0.3) is 11.1 Å². The Bertz CT molecular complexity index is 1260. The summed E-state index contributed by atoms with van der Waals surface area (Å²) < 4.78 is 6.06. The van der Waals surface area contributed by atoms with Gasteiger partial charge in [-0.15, -0.1) is 0 Å². The molecule has 8 nitrogen and oxygen atoms in total. The lowest BCUT2D eigenvalue weighted by Crippen LogP contribution is -2.31. The van der Waals surface area contributed by atoms with E-state index in [4.69, 9.17) is 26.4 Å². The number of nitrogens with zero attached hydrogens (tertiary/aromatic N) is 4. The average molecular weight is 480 g/mol. The molecule has 1 aliphatic heterocycles. The molecule has 2 aromatic heterocycles. The molecule has 5 rings (SSSR count). The monoisotopic (exact) mass is 479 g/mol. The molecule has 1 amide bonds. The first-order valence-corrected chi connectivity index (χ1v) is 11.7. The molecule has 0 saturated heterocycles. The van der Waals surface area contributed by atoms with Crippen LogP contribution < -0.4 is 15.0 Å². The molecule has 1 aromatic carbocycles. The maximum absolute atomic E-state index is 11.1. The summed E-state index contributed by atoms with van der Waals surface area (Å²) in [5.41, 5.74) is 5.54. The third kappa shape index (κ3) is 4.50. The van der Waals surface area contributed by atoms with Crippen molar-refractivity contribution in [2.75, 3.05) is 23.4 Å². The number of amides is 1. The van der Waals surface area contributed by atoms with Crippen molar-refractivity contribution in [3.8, 4) is 16.9 Å². The first-order valence-electron chi connectivity index (χ1n) is 11.3. The maximum atomic E-state index is 11.1. The molecule has 3 heterocycles. The third-order valence-electron chi connectivity index (χ3n) is 6.46. The fourth-order valence-corrected chi connectivity index (χ4v) is 4.84. The Morgan fingerprint density at radius 1 is 1.21 bits per heavy atom. The number of pyridine rings is 1. The number of aryl methyl sites for hydroxylation is 1. The molecule has 3 aromatic rings. The number of hydrogen-bond donors (Lipinski definition) is 2. The number of anilines is 2. The molecule has 34 heavy (non-hydrogen) atoms. The number of carbonyl (C=O) groups is 1. The second kappa shape index (κ2) is 8.76. The Morgan fingerprint density at radius 3 is 2.88 bits per heavy atom. The number of nitrogens with one attached hydrogen (secondary N) is 1. The van der Waals surface area contributed by atoms with Crippen molar-refractivity contribution in [1.82, 2.24) is 15.0 Å². The van der Waals surface area contributed by atoms with Crippen LogP contribution in [-0.2, 0) is 19.4 Å². The normalized spacial score (nSPS) is 16.6. The molecular weight excluding hydrogens is 454 g/mol. The molecule has 2 N–H and O–H groups in total. The molecular formula is C25H26ClN5O3. The van der Waals surface area contributed by atoms with E-state index in [9.17, 15) is 4.79 Å². The maximum Gasteiger partial charge on any atom is 0.409 e. The van der Waals surface area contributed by atoms with E-state index in [-0.39, 0.29) is 16.3 Å². The van der Waals surface area contributed by atoms with Gasteiger partial charge in [-0.3, -0.25) is 5.32 Å². The highest BCUT2D eigenvalue weighted by molar-refractivity contribution is 6.32. The highest BCUT2D eigenvalue weighted by Crippen LogP contribution is 2.39. The number of rotatable bonds is 3. The molecule has 0 radical (unpaired) electrons. The minimum atomic E-state index is -1.19. The van der Waals surface area contributed by atoms with Crippen molar-refractivity contribution in [1.29, 1.82) is 0 Å². The van der Waals surface area contributed by atoms with Gasteiger partial charge in [0.15, 0.2) is 5.15 Å². The fourth-order valence-electron chi connectivity index (χ4n) is 4.69. The van der Waals surface area contributed by atoms with Gasteiger partial charge in [0.1, 0.15) is 24.5 Å². The summed E-state index contributed by atoms with van der Waals surface area (Å²) in [6.45, 7) is 6.53. The van der Waals surface area contributed by atoms with Crippen LogP contribution in [-0.4, -0.2) is 39.3 Å². The molecule has 9 heteroatoms. The first-order chi connectivity index (χ1) is 16.3. The van der Waals surface area contributed by atoms with Crippen molar-refractivity contribution in [3.05, 3.63) is 58.8 Å². The van der Waals surface area contributed by atoms with Crippen LogP contribution in [0.3, 0.4) is 0 Å². The quantitative estimate of drug-likeness (QED) is 0.498. The highest BCUT2D eigenvalue weighted by Gasteiger charge is 2.30. The van der Waals surface area contributed by atoms with E-state index in [1.165, 1.54) is 5.56 Å². The van der Waals surface area contributed by atoms with Gasteiger partial charge < -0.3 is 14.7 Å².